The monoisotopic (exact) mass is 395 g/mol. The number of aromatic nitrogens is 3. The van der Waals surface area contributed by atoms with Crippen molar-refractivity contribution in [2.75, 3.05) is 18.4 Å². The standard InChI is InChI=1S/C21H22FN5O2/c1-13-18-10-17(11-23-19(18)26(2)25-13)24-20(28)15-4-3-9-27(12-15)21(29)14-5-7-16(22)8-6-14/h5-8,10-11,15H,3-4,9,12H2,1-2H3,(H,24,28)/t15-/m1/s1. The van der Waals surface area contributed by atoms with Crippen molar-refractivity contribution in [3.8, 4) is 0 Å². The molecule has 0 saturated carbocycles. The zero-order valence-corrected chi connectivity index (χ0v) is 16.4. The first-order chi connectivity index (χ1) is 13.9. The Balaban J connectivity index is 1.45. The lowest BCUT2D eigenvalue weighted by atomic mass is 9.96. The number of hydrogen-bond acceptors (Lipinski definition) is 4. The van der Waals surface area contributed by atoms with Gasteiger partial charge in [0, 0.05) is 31.1 Å². The summed E-state index contributed by atoms with van der Waals surface area (Å²) in [6.07, 6.45) is 3.07. The number of anilines is 1. The van der Waals surface area contributed by atoms with Crippen LogP contribution < -0.4 is 5.32 Å². The molecule has 2 aromatic heterocycles. The summed E-state index contributed by atoms with van der Waals surface area (Å²) in [6.45, 7) is 2.82. The molecule has 1 aromatic carbocycles. The van der Waals surface area contributed by atoms with Crippen molar-refractivity contribution in [2.45, 2.75) is 19.8 Å². The van der Waals surface area contributed by atoms with Crippen molar-refractivity contribution < 1.29 is 14.0 Å². The average molecular weight is 395 g/mol. The molecule has 150 valence electrons. The number of carbonyl (C=O) groups excluding carboxylic acids is 2. The third kappa shape index (κ3) is 3.83. The molecule has 0 unspecified atom stereocenters. The second kappa shape index (κ2) is 7.62. The number of carbonyl (C=O) groups is 2. The Morgan fingerprint density at radius 3 is 2.76 bits per heavy atom. The Hall–Kier alpha value is -3.29. The zero-order valence-electron chi connectivity index (χ0n) is 16.4. The molecule has 1 aliphatic heterocycles. The van der Waals surface area contributed by atoms with Gasteiger partial charge in [0.05, 0.1) is 23.5 Å². The molecule has 2 amide bonds. The summed E-state index contributed by atoms with van der Waals surface area (Å²) >= 11 is 0. The fourth-order valence-electron chi connectivity index (χ4n) is 3.77. The van der Waals surface area contributed by atoms with Crippen molar-refractivity contribution in [1.82, 2.24) is 19.7 Å². The van der Waals surface area contributed by atoms with Crippen molar-refractivity contribution in [3.05, 3.63) is 53.6 Å². The van der Waals surface area contributed by atoms with Gasteiger partial charge in [0.2, 0.25) is 5.91 Å². The highest BCUT2D eigenvalue weighted by Gasteiger charge is 2.29. The number of piperidine rings is 1. The fourth-order valence-corrected chi connectivity index (χ4v) is 3.77. The lowest BCUT2D eigenvalue weighted by molar-refractivity contribution is -0.121. The molecule has 0 radical (unpaired) electrons. The molecule has 0 bridgehead atoms. The normalized spacial score (nSPS) is 16.8. The number of pyridine rings is 1. The van der Waals surface area contributed by atoms with Gasteiger partial charge in [-0.1, -0.05) is 0 Å². The largest absolute Gasteiger partial charge is 0.338 e. The van der Waals surface area contributed by atoms with E-state index >= 15 is 0 Å². The molecule has 1 N–H and O–H groups in total. The highest BCUT2D eigenvalue weighted by Crippen LogP contribution is 2.23. The fraction of sp³-hybridized carbons (Fsp3) is 0.333. The molecule has 1 fully saturated rings. The van der Waals surface area contributed by atoms with Crippen LogP contribution in [0.1, 0.15) is 28.9 Å². The average Bonchev–Trinajstić information content (AvgIpc) is 3.01. The van der Waals surface area contributed by atoms with Crippen LogP contribution in [0.2, 0.25) is 0 Å². The van der Waals surface area contributed by atoms with E-state index in [1.165, 1.54) is 24.3 Å². The maximum Gasteiger partial charge on any atom is 0.253 e. The van der Waals surface area contributed by atoms with Crippen LogP contribution in [0.5, 0.6) is 0 Å². The molecule has 29 heavy (non-hydrogen) atoms. The molecule has 8 heteroatoms. The van der Waals surface area contributed by atoms with Crippen molar-refractivity contribution >= 4 is 28.5 Å². The number of rotatable bonds is 3. The maximum atomic E-state index is 13.1. The Labute approximate surface area is 167 Å². The van der Waals surface area contributed by atoms with Crippen molar-refractivity contribution in [2.24, 2.45) is 13.0 Å². The van der Waals surface area contributed by atoms with Gasteiger partial charge in [0.25, 0.3) is 5.91 Å². The van der Waals surface area contributed by atoms with E-state index in [1.807, 2.05) is 20.0 Å². The lowest BCUT2D eigenvalue weighted by Gasteiger charge is -2.32. The van der Waals surface area contributed by atoms with Crippen LogP contribution in [0.4, 0.5) is 10.1 Å². The van der Waals surface area contributed by atoms with E-state index in [0.717, 1.165) is 23.1 Å². The van der Waals surface area contributed by atoms with Crippen LogP contribution in [-0.2, 0) is 11.8 Å². The first-order valence-corrected chi connectivity index (χ1v) is 9.57. The van der Waals surface area contributed by atoms with Gasteiger partial charge in [-0.05, 0) is 50.1 Å². The van der Waals surface area contributed by atoms with Crippen molar-refractivity contribution in [1.29, 1.82) is 0 Å². The van der Waals surface area contributed by atoms with E-state index in [9.17, 15) is 14.0 Å². The molecular weight excluding hydrogens is 373 g/mol. The Morgan fingerprint density at radius 1 is 1.24 bits per heavy atom. The second-order valence-corrected chi connectivity index (χ2v) is 7.39. The summed E-state index contributed by atoms with van der Waals surface area (Å²) in [7, 11) is 1.83. The van der Waals surface area contributed by atoms with Crippen molar-refractivity contribution in [3.63, 3.8) is 0 Å². The highest BCUT2D eigenvalue weighted by molar-refractivity contribution is 5.97. The van der Waals surface area contributed by atoms with Crippen LogP contribution in [-0.4, -0.2) is 44.6 Å². The van der Waals surface area contributed by atoms with Gasteiger partial charge < -0.3 is 10.2 Å². The van der Waals surface area contributed by atoms with E-state index < -0.39 is 0 Å². The van der Waals surface area contributed by atoms with Crippen LogP contribution in [0, 0.1) is 18.7 Å². The molecule has 0 aliphatic carbocycles. The first-order valence-electron chi connectivity index (χ1n) is 9.57. The number of aryl methyl sites for hydroxylation is 2. The summed E-state index contributed by atoms with van der Waals surface area (Å²) in [6, 6.07) is 7.35. The number of nitrogens with zero attached hydrogens (tertiary/aromatic N) is 4. The first kappa shape index (κ1) is 19.0. The summed E-state index contributed by atoms with van der Waals surface area (Å²) in [4.78, 5) is 31.5. The number of fused-ring (bicyclic) bond motifs is 1. The number of benzene rings is 1. The number of hydrogen-bond donors (Lipinski definition) is 1. The molecule has 3 heterocycles. The van der Waals surface area contributed by atoms with E-state index in [1.54, 1.807) is 15.8 Å². The molecule has 3 aromatic rings. The van der Waals surface area contributed by atoms with E-state index in [0.29, 0.717) is 30.8 Å². The third-order valence-corrected chi connectivity index (χ3v) is 5.30. The molecule has 7 nitrogen and oxygen atoms in total. The quantitative estimate of drug-likeness (QED) is 0.740. The Morgan fingerprint density at radius 2 is 2.00 bits per heavy atom. The van der Waals surface area contributed by atoms with Crippen LogP contribution in [0.25, 0.3) is 11.0 Å². The Kier molecular flexibility index (Phi) is 5.00. The zero-order chi connectivity index (χ0) is 20.5. The number of nitrogens with one attached hydrogen (secondary N) is 1. The smallest absolute Gasteiger partial charge is 0.253 e. The second-order valence-electron chi connectivity index (χ2n) is 7.39. The van der Waals surface area contributed by atoms with Gasteiger partial charge in [-0.25, -0.2) is 9.37 Å². The summed E-state index contributed by atoms with van der Waals surface area (Å²) < 4.78 is 14.8. The topological polar surface area (TPSA) is 80.1 Å². The summed E-state index contributed by atoms with van der Waals surface area (Å²) in [5.74, 6) is -1.01. The SMILES string of the molecule is Cc1nn(C)c2ncc(NC(=O)[C@@H]3CCCN(C(=O)c4ccc(F)cc4)C3)cc12. The van der Waals surface area contributed by atoms with Gasteiger partial charge in [0.15, 0.2) is 5.65 Å². The molecule has 1 aliphatic rings. The van der Waals surface area contributed by atoms with Gasteiger partial charge in [-0.2, -0.15) is 5.10 Å². The maximum absolute atomic E-state index is 13.1. The van der Waals surface area contributed by atoms with E-state index in [2.05, 4.69) is 15.4 Å². The minimum atomic E-state index is -0.383. The molecule has 1 saturated heterocycles. The number of halogens is 1. The summed E-state index contributed by atoms with van der Waals surface area (Å²) in [5.41, 5.74) is 2.64. The molecule has 4 rings (SSSR count). The van der Waals surface area contributed by atoms with Gasteiger partial charge >= 0.3 is 0 Å². The minimum Gasteiger partial charge on any atom is -0.338 e. The lowest BCUT2D eigenvalue weighted by Crippen LogP contribution is -2.43. The molecule has 1 atom stereocenters. The predicted molar refractivity (Wildman–Crippen MR) is 107 cm³/mol. The molecule has 0 spiro atoms. The Bertz CT molecular complexity index is 1080. The van der Waals surface area contributed by atoms with Crippen LogP contribution >= 0.6 is 0 Å². The number of amides is 2. The van der Waals surface area contributed by atoms with Gasteiger partial charge in [-0.3, -0.25) is 14.3 Å². The van der Waals surface area contributed by atoms with Gasteiger partial charge in [-0.15, -0.1) is 0 Å². The third-order valence-electron chi connectivity index (χ3n) is 5.30. The highest BCUT2D eigenvalue weighted by atomic mass is 19.1. The number of likely N-dealkylation sites (tertiary alicyclic amines) is 1. The van der Waals surface area contributed by atoms with Crippen LogP contribution in [0.15, 0.2) is 36.5 Å². The predicted octanol–water partition coefficient (Wildman–Crippen LogP) is 2.91. The summed E-state index contributed by atoms with van der Waals surface area (Å²) in [5, 5.41) is 8.15. The minimum absolute atomic E-state index is 0.135. The van der Waals surface area contributed by atoms with Gasteiger partial charge in [0.1, 0.15) is 5.82 Å². The van der Waals surface area contributed by atoms with E-state index in [-0.39, 0.29) is 23.5 Å². The van der Waals surface area contributed by atoms with Crippen LogP contribution in [0.3, 0.4) is 0 Å². The van der Waals surface area contributed by atoms with E-state index in [4.69, 9.17) is 0 Å². The molecular formula is C21H22FN5O2.